The summed E-state index contributed by atoms with van der Waals surface area (Å²) in [6, 6.07) is -1.22. The van der Waals surface area contributed by atoms with Gasteiger partial charge in [-0.2, -0.15) is 0 Å². The third kappa shape index (κ3) is 17.5. The highest BCUT2D eigenvalue weighted by Crippen LogP contribution is 2.17. The van der Waals surface area contributed by atoms with Gasteiger partial charge in [0.25, 0.3) is 0 Å². The van der Waals surface area contributed by atoms with Crippen molar-refractivity contribution in [2.45, 2.75) is 98.0 Å². The average molecular weight is 534 g/mol. The fourth-order valence-corrected chi connectivity index (χ4v) is 3.47. The van der Waals surface area contributed by atoms with E-state index in [4.69, 9.17) is 29.2 Å². The second-order valence-corrected chi connectivity index (χ2v) is 9.89. The molecule has 37 heavy (non-hydrogen) atoms. The molecule has 0 aromatic heterocycles. The molecule has 0 saturated heterocycles. The van der Waals surface area contributed by atoms with Crippen LogP contribution < -0.4 is 0 Å². The number of rotatable bonds is 21. The van der Waals surface area contributed by atoms with Crippen molar-refractivity contribution in [1.82, 2.24) is 0 Å². The van der Waals surface area contributed by atoms with Crippen LogP contribution >= 0.6 is 0 Å². The van der Waals surface area contributed by atoms with E-state index >= 15 is 0 Å². The summed E-state index contributed by atoms with van der Waals surface area (Å²) in [5.41, 5.74) is 0. The SMILES string of the molecule is CC(CO[C@H](C)CC(=O)O)C[C@H](N=O)C(=O)O[C@H](C)CCOC(=O)[C@@H](C)CC(C)CO[C@H](C)CC(=O)O. The number of carboxylic acids is 2. The molecule has 7 atom stereocenters. The number of esters is 2. The van der Waals surface area contributed by atoms with E-state index in [1.165, 1.54) is 0 Å². The highest BCUT2D eigenvalue weighted by Gasteiger charge is 2.26. The van der Waals surface area contributed by atoms with Gasteiger partial charge in [-0.3, -0.25) is 14.4 Å². The van der Waals surface area contributed by atoms with Crippen LogP contribution in [-0.2, 0) is 38.1 Å². The highest BCUT2D eigenvalue weighted by atomic mass is 16.6. The van der Waals surface area contributed by atoms with E-state index in [0.717, 1.165) is 0 Å². The number of nitroso groups, excluding NO2 is 1. The predicted octanol–water partition coefficient (Wildman–Crippen LogP) is 3.43. The lowest BCUT2D eigenvalue weighted by atomic mass is 9.98. The normalized spacial score (nSPS) is 16.9. The first-order chi connectivity index (χ1) is 17.2. The summed E-state index contributed by atoms with van der Waals surface area (Å²) < 4.78 is 21.5. The summed E-state index contributed by atoms with van der Waals surface area (Å²) in [6.07, 6.45) is -0.902. The maximum Gasteiger partial charge on any atom is 0.334 e. The zero-order valence-electron chi connectivity index (χ0n) is 22.7. The summed E-state index contributed by atoms with van der Waals surface area (Å²) in [4.78, 5) is 57.1. The molecule has 0 spiro atoms. The Morgan fingerprint density at radius 1 is 0.730 bits per heavy atom. The highest BCUT2D eigenvalue weighted by molar-refractivity contribution is 5.76. The molecule has 2 unspecified atom stereocenters. The smallest absolute Gasteiger partial charge is 0.334 e. The van der Waals surface area contributed by atoms with Crippen LogP contribution in [0.2, 0.25) is 0 Å². The number of hydrogen-bond donors (Lipinski definition) is 2. The molecule has 0 saturated carbocycles. The molecule has 12 nitrogen and oxygen atoms in total. The van der Waals surface area contributed by atoms with Crippen LogP contribution in [0.25, 0.3) is 0 Å². The van der Waals surface area contributed by atoms with E-state index in [-0.39, 0.29) is 50.7 Å². The summed E-state index contributed by atoms with van der Waals surface area (Å²) in [6.45, 7) is 10.8. The Morgan fingerprint density at radius 3 is 1.68 bits per heavy atom. The van der Waals surface area contributed by atoms with Gasteiger partial charge in [-0.15, -0.1) is 4.91 Å². The van der Waals surface area contributed by atoms with Crippen LogP contribution in [0.5, 0.6) is 0 Å². The van der Waals surface area contributed by atoms with Crippen LogP contribution in [0.4, 0.5) is 0 Å². The van der Waals surface area contributed by atoms with Gasteiger partial charge in [0.05, 0.1) is 37.6 Å². The van der Waals surface area contributed by atoms with Crippen LogP contribution in [-0.4, -0.2) is 78.3 Å². The number of nitrogens with zero attached hydrogens (tertiary/aromatic N) is 1. The molecule has 0 bridgehead atoms. The topological polar surface area (TPSA) is 175 Å². The monoisotopic (exact) mass is 533 g/mol. The number of aliphatic carboxylic acids is 2. The van der Waals surface area contributed by atoms with Gasteiger partial charge in [0, 0.05) is 19.6 Å². The Bertz CT molecular complexity index is 729. The van der Waals surface area contributed by atoms with E-state index in [1.54, 1.807) is 34.6 Å². The zero-order valence-corrected chi connectivity index (χ0v) is 22.7. The summed E-state index contributed by atoms with van der Waals surface area (Å²) in [5.74, 6) is -3.68. The van der Waals surface area contributed by atoms with E-state index in [2.05, 4.69) is 5.18 Å². The first-order valence-corrected chi connectivity index (χ1v) is 12.6. The van der Waals surface area contributed by atoms with Gasteiger partial charge in [0.1, 0.15) is 6.10 Å². The molecule has 0 radical (unpaired) electrons. The van der Waals surface area contributed by atoms with E-state index < -0.39 is 54.1 Å². The Labute approximate surface area is 218 Å². The minimum Gasteiger partial charge on any atom is -0.481 e. The number of hydrogen-bond acceptors (Lipinski definition) is 10. The van der Waals surface area contributed by atoms with Gasteiger partial charge in [0.15, 0.2) is 6.04 Å². The maximum absolute atomic E-state index is 12.3. The molecule has 2 N–H and O–H groups in total. The summed E-state index contributed by atoms with van der Waals surface area (Å²) in [5, 5.41) is 20.4. The number of carbonyl (C=O) groups excluding carboxylic acids is 2. The Balaban J connectivity index is 4.31. The molecule has 214 valence electrons. The minimum absolute atomic E-state index is 0.0274. The fraction of sp³-hybridized carbons (Fsp3) is 0.840. The van der Waals surface area contributed by atoms with Crippen molar-refractivity contribution in [1.29, 1.82) is 0 Å². The van der Waals surface area contributed by atoms with Crippen molar-refractivity contribution in [3.8, 4) is 0 Å². The standard InChI is InChI=1S/C25H43NO11/c1-15(13-35-19(5)11-22(27)28)9-17(3)24(31)34-8-7-18(4)37-25(32)21(26-33)10-16(2)14-36-20(6)12-23(29)30/h15-21H,7-14H2,1-6H3,(H,27,28)(H,29,30)/t15?,16?,17-,18+,19+,20+,21-/m0/s1. The first-order valence-electron chi connectivity index (χ1n) is 12.6. The van der Waals surface area contributed by atoms with Crippen molar-refractivity contribution in [2.75, 3.05) is 19.8 Å². The van der Waals surface area contributed by atoms with Gasteiger partial charge in [-0.1, -0.05) is 25.9 Å². The van der Waals surface area contributed by atoms with E-state index in [1.807, 2.05) is 6.92 Å². The quantitative estimate of drug-likeness (QED) is 0.163. The molecule has 0 rings (SSSR count). The van der Waals surface area contributed by atoms with Gasteiger partial charge in [-0.25, -0.2) is 4.79 Å². The van der Waals surface area contributed by atoms with E-state index in [0.29, 0.717) is 13.0 Å². The third-order valence-corrected chi connectivity index (χ3v) is 5.52. The van der Waals surface area contributed by atoms with Crippen molar-refractivity contribution >= 4 is 23.9 Å². The molecule has 0 aliphatic heterocycles. The van der Waals surface area contributed by atoms with Crippen LogP contribution in [0, 0.1) is 22.7 Å². The zero-order chi connectivity index (χ0) is 28.5. The molecule has 0 aromatic carbocycles. The summed E-state index contributed by atoms with van der Waals surface area (Å²) in [7, 11) is 0. The molecule has 0 aliphatic carbocycles. The van der Waals surface area contributed by atoms with Crippen molar-refractivity contribution in [2.24, 2.45) is 22.9 Å². The van der Waals surface area contributed by atoms with Crippen molar-refractivity contribution in [3.63, 3.8) is 0 Å². The largest absolute Gasteiger partial charge is 0.481 e. The Kier molecular flexibility index (Phi) is 17.3. The van der Waals surface area contributed by atoms with Crippen LogP contribution in [0.1, 0.15) is 73.6 Å². The van der Waals surface area contributed by atoms with Gasteiger partial charge in [-0.05, 0) is 45.4 Å². The van der Waals surface area contributed by atoms with Crippen molar-refractivity contribution < 1.29 is 48.3 Å². The number of ether oxygens (including phenoxy) is 4. The molecule has 0 fully saturated rings. The first kappa shape index (κ1) is 34.4. The van der Waals surface area contributed by atoms with Gasteiger partial charge >= 0.3 is 23.9 Å². The molecular weight excluding hydrogens is 490 g/mol. The lowest BCUT2D eigenvalue weighted by molar-refractivity contribution is -0.153. The summed E-state index contributed by atoms with van der Waals surface area (Å²) >= 11 is 0. The minimum atomic E-state index is -1.22. The lowest BCUT2D eigenvalue weighted by Crippen LogP contribution is -2.29. The van der Waals surface area contributed by atoms with Gasteiger partial charge < -0.3 is 29.2 Å². The van der Waals surface area contributed by atoms with Crippen LogP contribution in [0.15, 0.2) is 5.18 Å². The average Bonchev–Trinajstić information content (AvgIpc) is 2.78. The number of carboxylic acid groups (broad SMARTS) is 2. The number of carbonyl (C=O) groups is 4. The second-order valence-electron chi connectivity index (χ2n) is 9.89. The van der Waals surface area contributed by atoms with E-state index in [9.17, 15) is 24.1 Å². The molecular formula is C25H43NO11. The molecule has 0 aromatic rings. The predicted molar refractivity (Wildman–Crippen MR) is 133 cm³/mol. The second kappa shape index (κ2) is 18.6. The fourth-order valence-electron chi connectivity index (χ4n) is 3.47. The molecule has 0 amide bonds. The molecule has 12 heteroatoms. The van der Waals surface area contributed by atoms with Crippen molar-refractivity contribution in [3.05, 3.63) is 4.91 Å². The van der Waals surface area contributed by atoms with Crippen LogP contribution in [0.3, 0.4) is 0 Å². The maximum atomic E-state index is 12.3. The molecule has 0 aliphatic rings. The third-order valence-electron chi connectivity index (χ3n) is 5.52. The molecule has 0 heterocycles. The Hall–Kier alpha value is -2.60. The Morgan fingerprint density at radius 2 is 1.22 bits per heavy atom. The van der Waals surface area contributed by atoms with Gasteiger partial charge in [0.2, 0.25) is 0 Å². The lowest BCUT2D eigenvalue weighted by Gasteiger charge is -2.20.